The Kier molecular flexibility index (Phi) is 5.08. The zero-order valence-corrected chi connectivity index (χ0v) is 13.4. The lowest BCUT2D eigenvalue weighted by molar-refractivity contribution is 0.515. The van der Waals surface area contributed by atoms with Gasteiger partial charge in [0.25, 0.3) is 0 Å². The van der Waals surface area contributed by atoms with Gasteiger partial charge in [-0.3, -0.25) is 4.68 Å². The fourth-order valence-electron chi connectivity index (χ4n) is 2.13. The highest BCUT2D eigenvalue weighted by molar-refractivity contribution is 6.33. The molecular formula is C15H19Cl2N3. The third-order valence-corrected chi connectivity index (χ3v) is 3.87. The van der Waals surface area contributed by atoms with Crippen LogP contribution in [0.5, 0.6) is 0 Å². The molecule has 0 aliphatic rings. The van der Waals surface area contributed by atoms with E-state index in [4.69, 9.17) is 23.2 Å². The van der Waals surface area contributed by atoms with Crippen molar-refractivity contribution in [2.45, 2.75) is 32.4 Å². The first-order chi connectivity index (χ1) is 9.51. The number of hydrogen-bond acceptors (Lipinski definition) is 2. The van der Waals surface area contributed by atoms with Crippen LogP contribution in [0.2, 0.25) is 10.0 Å². The van der Waals surface area contributed by atoms with Gasteiger partial charge in [0.15, 0.2) is 0 Å². The Morgan fingerprint density at radius 2 is 2.00 bits per heavy atom. The van der Waals surface area contributed by atoms with Gasteiger partial charge in [-0.1, -0.05) is 23.2 Å². The summed E-state index contributed by atoms with van der Waals surface area (Å²) < 4.78 is 1.96. The summed E-state index contributed by atoms with van der Waals surface area (Å²) in [5, 5.41) is 9.27. The number of halogens is 2. The van der Waals surface area contributed by atoms with E-state index in [1.54, 1.807) is 6.07 Å². The summed E-state index contributed by atoms with van der Waals surface area (Å²) in [6.07, 6.45) is 2.78. The van der Waals surface area contributed by atoms with E-state index in [0.717, 1.165) is 22.7 Å². The Labute approximate surface area is 129 Å². The van der Waals surface area contributed by atoms with E-state index in [9.17, 15) is 0 Å². The Morgan fingerprint density at radius 3 is 2.60 bits per heavy atom. The second-order valence-corrected chi connectivity index (χ2v) is 5.94. The van der Waals surface area contributed by atoms with Crippen LogP contribution in [0.15, 0.2) is 30.5 Å². The van der Waals surface area contributed by atoms with Crippen LogP contribution in [0.3, 0.4) is 0 Å². The Morgan fingerprint density at radius 1 is 1.25 bits per heavy atom. The second-order valence-electron chi connectivity index (χ2n) is 5.09. The normalized spacial score (nSPS) is 12.9. The highest BCUT2D eigenvalue weighted by Gasteiger charge is 2.16. The van der Waals surface area contributed by atoms with Crippen molar-refractivity contribution >= 4 is 23.2 Å². The molecule has 0 amide bonds. The lowest BCUT2D eigenvalue weighted by Crippen LogP contribution is -2.19. The standard InChI is InChI=1S/C15H19Cl2N3/c1-10(2)20-7-6-12(19-20)9-15(18-3)13-8-11(16)4-5-14(13)17/h4-8,10,15,18H,9H2,1-3H3. The van der Waals surface area contributed by atoms with Crippen molar-refractivity contribution in [2.75, 3.05) is 7.05 Å². The summed E-state index contributed by atoms with van der Waals surface area (Å²) in [6.45, 7) is 4.22. The van der Waals surface area contributed by atoms with Crippen molar-refractivity contribution in [1.82, 2.24) is 15.1 Å². The molecule has 0 radical (unpaired) electrons. The van der Waals surface area contributed by atoms with Gasteiger partial charge in [0.1, 0.15) is 0 Å². The average molecular weight is 312 g/mol. The number of benzene rings is 1. The fourth-order valence-corrected chi connectivity index (χ4v) is 2.56. The van der Waals surface area contributed by atoms with E-state index in [1.165, 1.54) is 0 Å². The van der Waals surface area contributed by atoms with Crippen LogP contribution in [-0.2, 0) is 6.42 Å². The zero-order valence-electron chi connectivity index (χ0n) is 11.9. The van der Waals surface area contributed by atoms with Crippen LogP contribution < -0.4 is 5.32 Å². The minimum atomic E-state index is 0.0942. The zero-order chi connectivity index (χ0) is 14.7. The molecule has 0 spiro atoms. The minimum absolute atomic E-state index is 0.0942. The third kappa shape index (κ3) is 3.54. The first-order valence-electron chi connectivity index (χ1n) is 6.67. The van der Waals surface area contributed by atoms with Crippen molar-refractivity contribution in [3.8, 4) is 0 Å². The van der Waals surface area contributed by atoms with Crippen LogP contribution in [-0.4, -0.2) is 16.8 Å². The molecule has 20 heavy (non-hydrogen) atoms. The molecule has 1 heterocycles. The van der Waals surface area contributed by atoms with Crippen molar-refractivity contribution in [2.24, 2.45) is 0 Å². The molecular weight excluding hydrogens is 293 g/mol. The molecule has 1 unspecified atom stereocenters. The van der Waals surface area contributed by atoms with E-state index in [0.29, 0.717) is 11.1 Å². The average Bonchev–Trinajstić information content (AvgIpc) is 2.88. The van der Waals surface area contributed by atoms with E-state index in [1.807, 2.05) is 36.1 Å². The molecule has 1 atom stereocenters. The summed E-state index contributed by atoms with van der Waals surface area (Å²) >= 11 is 12.3. The van der Waals surface area contributed by atoms with Gasteiger partial charge in [-0.25, -0.2) is 0 Å². The molecule has 0 aliphatic heterocycles. The summed E-state index contributed by atoms with van der Waals surface area (Å²) in [5.74, 6) is 0. The smallest absolute Gasteiger partial charge is 0.0643 e. The molecule has 1 N–H and O–H groups in total. The largest absolute Gasteiger partial charge is 0.313 e. The quantitative estimate of drug-likeness (QED) is 0.893. The minimum Gasteiger partial charge on any atom is -0.313 e. The lowest BCUT2D eigenvalue weighted by Gasteiger charge is -2.17. The third-order valence-electron chi connectivity index (χ3n) is 3.29. The predicted molar refractivity (Wildman–Crippen MR) is 84.6 cm³/mol. The molecule has 2 rings (SSSR count). The van der Waals surface area contributed by atoms with Crippen molar-refractivity contribution < 1.29 is 0 Å². The maximum Gasteiger partial charge on any atom is 0.0643 e. The molecule has 3 nitrogen and oxygen atoms in total. The van der Waals surface area contributed by atoms with Gasteiger partial charge < -0.3 is 5.32 Å². The van der Waals surface area contributed by atoms with Gasteiger partial charge in [0.2, 0.25) is 0 Å². The Hall–Kier alpha value is -1.03. The number of aromatic nitrogens is 2. The number of rotatable bonds is 5. The molecule has 5 heteroatoms. The molecule has 0 saturated carbocycles. The van der Waals surface area contributed by atoms with E-state index in [2.05, 4.69) is 24.3 Å². The van der Waals surface area contributed by atoms with E-state index < -0.39 is 0 Å². The molecule has 0 saturated heterocycles. The molecule has 2 aromatic rings. The first kappa shape index (κ1) is 15.4. The summed E-state index contributed by atoms with van der Waals surface area (Å²) in [7, 11) is 1.92. The van der Waals surface area contributed by atoms with Crippen molar-refractivity contribution in [3.63, 3.8) is 0 Å². The maximum atomic E-state index is 6.27. The van der Waals surface area contributed by atoms with Crippen molar-refractivity contribution in [3.05, 3.63) is 51.8 Å². The Bertz CT molecular complexity index is 578. The van der Waals surface area contributed by atoms with Gasteiger partial charge in [0.05, 0.1) is 5.69 Å². The predicted octanol–water partition coefficient (Wildman–Crippen LogP) is 4.27. The molecule has 1 aromatic heterocycles. The van der Waals surface area contributed by atoms with Gasteiger partial charge in [-0.15, -0.1) is 0 Å². The van der Waals surface area contributed by atoms with Crippen LogP contribution in [0.25, 0.3) is 0 Å². The van der Waals surface area contributed by atoms with Gasteiger partial charge in [-0.05, 0) is 50.7 Å². The number of nitrogens with zero attached hydrogens (tertiary/aromatic N) is 2. The van der Waals surface area contributed by atoms with E-state index >= 15 is 0 Å². The highest BCUT2D eigenvalue weighted by Crippen LogP contribution is 2.28. The second kappa shape index (κ2) is 6.61. The number of likely N-dealkylation sites (N-methyl/N-ethyl adjacent to an activating group) is 1. The maximum absolute atomic E-state index is 6.27. The van der Waals surface area contributed by atoms with Gasteiger partial charge >= 0.3 is 0 Å². The van der Waals surface area contributed by atoms with Gasteiger partial charge in [0, 0.05) is 34.7 Å². The topological polar surface area (TPSA) is 29.9 Å². The van der Waals surface area contributed by atoms with Crippen LogP contribution in [0.1, 0.15) is 37.2 Å². The molecule has 0 fully saturated rings. The highest BCUT2D eigenvalue weighted by atomic mass is 35.5. The number of nitrogens with one attached hydrogen (secondary N) is 1. The SMILES string of the molecule is CNC(Cc1ccn(C(C)C)n1)c1cc(Cl)ccc1Cl. The fraction of sp³-hybridized carbons (Fsp3) is 0.400. The van der Waals surface area contributed by atoms with E-state index in [-0.39, 0.29) is 6.04 Å². The first-order valence-corrected chi connectivity index (χ1v) is 7.43. The summed E-state index contributed by atoms with van der Waals surface area (Å²) in [5.41, 5.74) is 2.04. The lowest BCUT2D eigenvalue weighted by atomic mass is 10.0. The molecule has 0 aliphatic carbocycles. The molecule has 108 valence electrons. The Balaban J connectivity index is 2.21. The monoisotopic (exact) mass is 311 g/mol. The van der Waals surface area contributed by atoms with Crippen LogP contribution in [0.4, 0.5) is 0 Å². The van der Waals surface area contributed by atoms with Crippen LogP contribution >= 0.6 is 23.2 Å². The van der Waals surface area contributed by atoms with Crippen LogP contribution in [0, 0.1) is 0 Å². The number of hydrogen-bond donors (Lipinski definition) is 1. The van der Waals surface area contributed by atoms with Crippen molar-refractivity contribution in [1.29, 1.82) is 0 Å². The van der Waals surface area contributed by atoms with Gasteiger partial charge in [-0.2, -0.15) is 5.10 Å². The molecule has 0 bridgehead atoms. The molecule has 1 aromatic carbocycles. The summed E-state index contributed by atoms with van der Waals surface area (Å²) in [6, 6.07) is 8.04. The summed E-state index contributed by atoms with van der Waals surface area (Å²) in [4.78, 5) is 0.